The molecule has 0 fully saturated rings. The maximum Gasteiger partial charge on any atom is 0.251 e. The minimum atomic E-state index is -3.53. The van der Waals surface area contributed by atoms with Gasteiger partial charge in [-0.2, -0.15) is 0 Å². The molecule has 0 saturated heterocycles. The van der Waals surface area contributed by atoms with Crippen LogP contribution in [0.4, 0.5) is 0 Å². The number of aromatic amines is 1. The standard InChI is InChI=1S/C19H19ClN2O3S/c1-13-6-7-14-11-15(19(23)22-18(14)10-13)8-9-21-26(24,25)12-16-4-2-3-5-17(16)20/h2-7,10-11,21H,8-9,12H2,1H3,(H,22,23). The lowest BCUT2D eigenvalue weighted by molar-refractivity contribution is 0.580. The van der Waals surface area contributed by atoms with Crippen LogP contribution in [-0.4, -0.2) is 19.9 Å². The Balaban J connectivity index is 1.68. The van der Waals surface area contributed by atoms with Crippen LogP contribution in [0, 0.1) is 6.92 Å². The van der Waals surface area contributed by atoms with Gasteiger partial charge >= 0.3 is 0 Å². The second-order valence-electron chi connectivity index (χ2n) is 6.21. The zero-order valence-electron chi connectivity index (χ0n) is 14.3. The summed E-state index contributed by atoms with van der Waals surface area (Å²) in [5.74, 6) is -0.194. The lowest BCUT2D eigenvalue weighted by Crippen LogP contribution is -2.28. The molecule has 3 aromatic rings. The Morgan fingerprint density at radius 2 is 1.85 bits per heavy atom. The molecule has 2 aromatic carbocycles. The lowest BCUT2D eigenvalue weighted by Gasteiger charge is -2.08. The van der Waals surface area contributed by atoms with Crippen molar-refractivity contribution >= 4 is 32.5 Å². The van der Waals surface area contributed by atoms with E-state index in [9.17, 15) is 13.2 Å². The van der Waals surface area contributed by atoms with Gasteiger partial charge in [0, 0.05) is 22.6 Å². The van der Waals surface area contributed by atoms with Gasteiger partial charge < -0.3 is 4.98 Å². The van der Waals surface area contributed by atoms with Crippen molar-refractivity contribution in [2.45, 2.75) is 19.1 Å². The highest BCUT2D eigenvalue weighted by Gasteiger charge is 2.13. The van der Waals surface area contributed by atoms with Gasteiger partial charge in [0.15, 0.2) is 0 Å². The third-order valence-electron chi connectivity index (χ3n) is 4.10. The Bertz CT molecular complexity index is 1110. The highest BCUT2D eigenvalue weighted by atomic mass is 35.5. The number of halogens is 1. The van der Waals surface area contributed by atoms with E-state index in [4.69, 9.17) is 11.6 Å². The average molecular weight is 391 g/mol. The molecule has 0 unspecified atom stereocenters. The molecule has 3 rings (SSSR count). The highest BCUT2D eigenvalue weighted by molar-refractivity contribution is 7.88. The third-order valence-corrected chi connectivity index (χ3v) is 5.80. The van der Waals surface area contributed by atoms with E-state index in [1.54, 1.807) is 30.3 Å². The summed E-state index contributed by atoms with van der Waals surface area (Å²) in [7, 11) is -3.53. The minimum absolute atomic E-state index is 0.146. The van der Waals surface area contributed by atoms with Crippen LogP contribution < -0.4 is 10.3 Å². The molecule has 7 heteroatoms. The number of rotatable bonds is 6. The van der Waals surface area contributed by atoms with E-state index in [1.807, 2.05) is 25.1 Å². The van der Waals surface area contributed by atoms with Crippen LogP contribution in [-0.2, 0) is 22.2 Å². The number of H-pyrrole nitrogens is 1. The van der Waals surface area contributed by atoms with Gasteiger partial charge in [0.2, 0.25) is 10.0 Å². The van der Waals surface area contributed by atoms with Crippen molar-refractivity contribution in [3.05, 3.63) is 80.6 Å². The van der Waals surface area contributed by atoms with Gasteiger partial charge in [-0.15, -0.1) is 0 Å². The van der Waals surface area contributed by atoms with E-state index >= 15 is 0 Å². The highest BCUT2D eigenvalue weighted by Crippen LogP contribution is 2.17. The average Bonchev–Trinajstić information content (AvgIpc) is 2.57. The number of aryl methyl sites for hydroxylation is 1. The molecule has 1 aromatic heterocycles. The topological polar surface area (TPSA) is 79.0 Å². The minimum Gasteiger partial charge on any atom is -0.322 e. The van der Waals surface area contributed by atoms with E-state index in [0.717, 1.165) is 16.5 Å². The van der Waals surface area contributed by atoms with Crippen molar-refractivity contribution in [2.24, 2.45) is 0 Å². The second kappa shape index (κ2) is 7.61. The predicted molar refractivity (Wildman–Crippen MR) is 105 cm³/mol. The first-order valence-corrected chi connectivity index (χ1v) is 10.2. The van der Waals surface area contributed by atoms with Crippen molar-refractivity contribution in [2.75, 3.05) is 6.54 Å². The molecule has 2 N–H and O–H groups in total. The zero-order valence-corrected chi connectivity index (χ0v) is 15.8. The van der Waals surface area contributed by atoms with Crippen LogP contribution in [0.5, 0.6) is 0 Å². The quantitative estimate of drug-likeness (QED) is 0.678. The number of aromatic nitrogens is 1. The molecule has 5 nitrogen and oxygen atoms in total. The van der Waals surface area contributed by atoms with E-state index in [1.165, 1.54) is 0 Å². The largest absolute Gasteiger partial charge is 0.322 e. The first-order chi connectivity index (χ1) is 12.3. The number of sulfonamides is 1. The van der Waals surface area contributed by atoms with Gasteiger partial charge in [-0.05, 0) is 48.1 Å². The maximum absolute atomic E-state index is 12.2. The molecule has 0 radical (unpaired) electrons. The molecule has 0 bridgehead atoms. The molecule has 136 valence electrons. The van der Waals surface area contributed by atoms with Gasteiger partial charge in [-0.1, -0.05) is 41.9 Å². The van der Waals surface area contributed by atoms with Gasteiger partial charge in [0.1, 0.15) is 0 Å². The van der Waals surface area contributed by atoms with Crippen LogP contribution >= 0.6 is 11.6 Å². The summed E-state index contributed by atoms with van der Waals surface area (Å²) in [5, 5.41) is 1.34. The van der Waals surface area contributed by atoms with Crippen LogP contribution in [0.15, 0.2) is 53.3 Å². The molecular formula is C19H19ClN2O3S. The van der Waals surface area contributed by atoms with Gasteiger partial charge in [-0.3, -0.25) is 4.79 Å². The molecule has 0 atom stereocenters. The number of nitrogens with one attached hydrogen (secondary N) is 2. The summed E-state index contributed by atoms with van der Waals surface area (Å²) in [5.41, 5.74) is 2.72. The Morgan fingerprint density at radius 3 is 2.62 bits per heavy atom. The summed E-state index contributed by atoms with van der Waals surface area (Å²) in [6.45, 7) is 2.10. The molecule has 0 amide bonds. The summed E-state index contributed by atoms with van der Waals surface area (Å²) >= 11 is 6.01. The van der Waals surface area contributed by atoms with E-state index in [0.29, 0.717) is 22.6 Å². The van der Waals surface area contributed by atoms with Crippen LogP contribution in [0.3, 0.4) is 0 Å². The molecule has 0 aliphatic rings. The Labute approximate surface area is 157 Å². The fraction of sp³-hybridized carbons (Fsp3) is 0.211. The SMILES string of the molecule is Cc1ccc2cc(CCNS(=O)(=O)Cc3ccccc3Cl)c(=O)[nH]c2c1. The van der Waals surface area contributed by atoms with Gasteiger partial charge in [-0.25, -0.2) is 13.1 Å². The summed E-state index contributed by atoms with van der Waals surface area (Å²) in [6, 6.07) is 14.4. The molecule has 0 saturated carbocycles. The Hall–Kier alpha value is -2.15. The van der Waals surface area contributed by atoms with Crippen molar-refractivity contribution in [3.63, 3.8) is 0 Å². The van der Waals surface area contributed by atoms with Crippen molar-refractivity contribution in [3.8, 4) is 0 Å². The van der Waals surface area contributed by atoms with E-state index in [-0.39, 0.29) is 17.9 Å². The first kappa shape index (κ1) is 18.6. The smallest absolute Gasteiger partial charge is 0.251 e. The molecule has 0 spiro atoms. The Morgan fingerprint density at radius 1 is 1.08 bits per heavy atom. The maximum atomic E-state index is 12.2. The van der Waals surface area contributed by atoms with E-state index < -0.39 is 10.0 Å². The fourth-order valence-electron chi connectivity index (χ4n) is 2.76. The monoisotopic (exact) mass is 390 g/mol. The number of hydrogen-bond acceptors (Lipinski definition) is 3. The number of fused-ring (bicyclic) bond motifs is 1. The third kappa shape index (κ3) is 4.52. The molecule has 1 heterocycles. The fourth-order valence-corrected chi connectivity index (χ4v) is 4.22. The van der Waals surface area contributed by atoms with Crippen LogP contribution in [0.25, 0.3) is 10.9 Å². The zero-order chi connectivity index (χ0) is 18.7. The lowest BCUT2D eigenvalue weighted by atomic mass is 10.1. The van der Waals surface area contributed by atoms with Gasteiger partial charge in [0.05, 0.1) is 5.75 Å². The normalized spacial score (nSPS) is 11.8. The molecule has 0 aliphatic heterocycles. The molecule has 0 aliphatic carbocycles. The number of benzene rings is 2. The summed E-state index contributed by atoms with van der Waals surface area (Å²) in [4.78, 5) is 15.0. The summed E-state index contributed by atoms with van der Waals surface area (Å²) in [6.07, 6.45) is 0.306. The van der Waals surface area contributed by atoms with Crippen molar-refractivity contribution in [1.29, 1.82) is 0 Å². The second-order valence-corrected chi connectivity index (χ2v) is 8.42. The van der Waals surface area contributed by atoms with Crippen LogP contribution in [0.2, 0.25) is 5.02 Å². The number of hydrogen-bond donors (Lipinski definition) is 2. The molecule has 26 heavy (non-hydrogen) atoms. The summed E-state index contributed by atoms with van der Waals surface area (Å²) < 4.78 is 27.0. The molecular weight excluding hydrogens is 372 g/mol. The van der Waals surface area contributed by atoms with Crippen molar-refractivity contribution < 1.29 is 8.42 Å². The van der Waals surface area contributed by atoms with Gasteiger partial charge in [0.25, 0.3) is 5.56 Å². The Kier molecular flexibility index (Phi) is 5.46. The van der Waals surface area contributed by atoms with Crippen LogP contribution in [0.1, 0.15) is 16.7 Å². The van der Waals surface area contributed by atoms with E-state index in [2.05, 4.69) is 9.71 Å². The predicted octanol–water partition coefficient (Wildman–Crippen LogP) is 3.15. The first-order valence-electron chi connectivity index (χ1n) is 8.17. The number of pyridine rings is 1. The van der Waals surface area contributed by atoms with Crippen molar-refractivity contribution in [1.82, 2.24) is 9.71 Å².